The molecule has 7 heteroatoms. The number of carbonyl (C=O) groups excluding carboxylic acids is 1. The molecule has 0 aliphatic carbocycles. The van der Waals surface area contributed by atoms with Crippen LogP contribution in [-0.2, 0) is 11.2 Å². The van der Waals surface area contributed by atoms with Crippen molar-refractivity contribution in [2.45, 2.75) is 26.2 Å². The summed E-state index contributed by atoms with van der Waals surface area (Å²) in [7, 11) is 0. The third-order valence-electron chi connectivity index (χ3n) is 4.79. The number of nitrogens with zero attached hydrogens (tertiary/aromatic N) is 6. The maximum Gasteiger partial charge on any atom is 0.234 e. The van der Waals surface area contributed by atoms with Gasteiger partial charge in [-0.05, 0) is 31.2 Å². The number of piperidine rings is 1. The summed E-state index contributed by atoms with van der Waals surface area (Å²) in [6.07, 6.45) is 12.0. The lowest BCUT2D eigenvalue weighted by Gasteiger charge is -2.31. The highest BCUT2D eigenvalue weighted by Crippen LogP contribution is 2.22. The number of fused-ring (bicyclic) bond motifs is 1. The Balaban J connectivity index is 1.51. The van der Waals surface area contributed by atoms with E-state index in [0.717, 1.165) is 49.4 Å². The summed E-state index contributed by atoms with van der Waals surface area (Å²) in [4.78, 5) is 31.1. The first kappa shape index (κ1) is 15.7. The minimum atomic E-state index is 0.168. The van der Waals surface area contributed by atoms with Gasteiger partial charge in [0.1, 0.15) is 5.69 Å². The van der Waals surface area contributed by atoms with E-state index in [1.165, 1.54) is 0 Å². The van der Waals surface area contributed by atoms with E-state index in [2.05, 4.69) is 15.0 Å². The molecular formula is C18H20N6O. The maximum absolute atomic E-state index is 11.4. The lowest BCUT2D eigenvalue weighted by molar-refractivity contribution is -0.130. The van der Waals surface area contributed by atoms with Crippen LogP contribution in [0.1, 0.15) is 25.5 Å². The second-order valence-corrected chi connectivity index (χ2v) is 6.48. The number of likely N-dealkylation sites (tertiary alicyclic amines) is 1. The number of amides is 1. The van der Waals surface area contributed by atoms with Gasteiger partial charge in [-0.2, -0.15) is 0 Å². The lowest BCUT2D eigenvalue weighted by atomic mass is 9.92. The molecule has 7 nitrogen and oxygen atoms in total. The third-order valence-corrected chi connectivity index (χ3v) is 4.79. The van der Waals surface area contributed by atoms with Crippen molar-refractivity contribution in [3.8, 4) is 11.4 Å². The Morgan fingerprint density at radius 1 is 1.20 bits per heavy atom. The summed E-state index contributed by atoms with van der Waals surface area (Å²) in [5.74, 6) is 1.37. The summed E-state index contributed by atoms with van der Waals surface area (Å²) in [5, 5.41) is 0. The molecule has 1 saturated heterocycles. The van der Waals surface area contributed by atoms with Crippen LogP contribution in [0.3, 0.4) is 0 Å². The highest BCUT2D eigenvalue weighted by molar-refractivity contribution is 5.73. The first-order valence-electron chi connectivity index (χ1n) is 8.55. The predicted molar refractivity (Wildman–Crippen MR) is 92.7 cm³/mol. The first-order valence-corrected chi connectivity index (χ1v) is 8.55. The van der Waals surface area contributed by atoms with Gasteiger partial charge in [0.2, 0.25) is 11.7 Å². The van der Waals surface area contributed by atoms with Gasteiger partial charge < -0.3 is 4.90 Å². The zero-order valence-electron chi connectivity index (χ0n) is 14.2. The Bertz CT molecular complexity index is 897. The normalized spacial score (nSPS) is 15.6. The van der Waals surface area contributed by atoms with E-state index >= 15 is 0 Å². The quantitative estimate of drug-likeness (QED) is 0.731. The number of hydrogen-bond acceptors (Lipinski definition) is 5. The Morgan fingerprint density at radius 2 is 2.04 bits per heavy atom. The molecule has 0 spiro atoms. The first-order chi connectivity index (χ1) is 12.2. The molecule has 3 aromatic rings. The van der Waals surface area contributed by atoms with Crippen molar-refractivity contribution in [3.05, 3.63) is 42.7 Å². The van der Waals surface area contributed by atoms with E-state index < -0.39 is 0 Å². The van der Waals surface area contributed by atoms with Gasteiger partial charge >= 0.3 is 0 Å². The minimum Gasteiger partial charge on any atom is -0.343 e. The summed E-state index contributed by atoms with van der Waals surface area (Å²) in [5.41, 5.74) is 2.68. The zero-order valence-corrected chi connectivity index (χ0v) is 14.2. The molecule has 0 atom stereocenters. The van der Waals surface area contributed by atoms with Crippen LogP contribution >= 0.6 is 0 Å². The Kier molecular flexibility index (Phi) is 4.13. The fraction of sp³-hybridized carbons (Fsp3) is 0.389. The van der Waals surface area contributed by atoms with Crippen LogP contribution in [0.4, 0.5) is 0 Å². The molecular weight excluding hydrogens is 316 g/mol. The molecule has 1 amide bonds. The van der Waals surface area contributed by atoms with E-state index in [9.17, 15) is 4.79 Å². The molecule has 25 heavy (non-hydrogen) atoms. The van der Waals surface area contributed by atoms with E-state index in [-0.39, 0.29) is 5.91 Å². The smallest absolute Gasteiger partial charge is 0.234 e. The lowest BCUT2D eigenvalue weighted by Crippen LogP contribution is -2.37. The highest BCUT2D eigenvalue weighted by atomic mass is 16.2. The van der Waals surface area contributed by atoms with Crippen LogP contribution in [0.5, 0.6) is 0 Å². The van der Waals surface area contributed by atoms with Gasteiger partial charge in [-0.25, -0.2) is 15.0 Å². The van der Waals surface area contributed by atoms with Crippen molar-refractivity contribution in [1.29, 1.82) is 0 Å². The Labute approximate surface area is 145 Å². The number of rotatable bonds is 3. The van der Waals surface area contributed by atoms with Crippen LogP contribution < -0.4 is 0 Å². The Morgan fingerprint density at radius 3 is 2.84 bits per heavy atom. The predicted octanol–water partition coefficient (Wildman–Crippen LogP) is 1.99. The number of hydrogen-bond donors (Lipinski definition) is 0. The molecule has 0 bridgehead atoms. The summed E-state index contributed by atoms with van der Waals surface area (Å²) >= 11 is 0. The fourth-order valence-electron chi connectivity index (χ4n) is 3.39. The van der Waals surface area contributed by atoms with Crippen molar-refractivity contribution in [2.24, 2.45) is 5.92 Å². The zero-order chi connectivity index (χ0) is 17.2. The van der Waals surface area contributed by atoms with Gasteiger partial charge in [-0.15, -0.1) is 0 Å². The molecule has 3 aromatic heterocycles. The van der Waals surface area contributed by atoms with Crippen LogP contribution in [0.2, 0.25) is 0 Å². The summed E-state index contributed by atoms with van der Waals surface area (Å²) in [6, 6.07) is 1.87. The largest absolute Gasteiger partial charge is 0.343 e. The molecule has 0 radical (unpaired) electrons. The average molecular weight is 336 g/mol. The molecule has 1 fully saturated rings. The maximum atomic E-state index is 11.4. The van der Waals surface area contributed by atoms with Crippen LogP contribution in [0, 0.1) is 5.92 Å². The van der Waals surface area contributed by atoms with Gasteiger partial charge in [0.05, 0.1) is 23.8 Å². The third kappa shape index (κ3) is 3.22. The van der Waals surface area contributed by atoms with E-state index in [1.54, 1.807) is 25.5 Å². The SMILES string of the molecule is CC(=O)N1CCC(Cc2cncc(-c3cnc4ncccn34)n2)CC1. The van der Waals surface area contributed by atoms with E-state index in [1.807, 2.05) is 27.8 Å². The minimum absolute atomic E-state index is 0.168. The summed E-state index contributed by atoms with van der Waals surface area (Å²) in [6.45, 7) is 3.32. The summed E-state index contributed by atoms with van der Waals surface area (Å²) < 4.78 is 1.92. The number of imidazole rings is 1. The second-order valence-electron chi connectivity index (χ2n) is 6.48. The molecule has 4 rings (SSSR count). The van der Waals surface area contributed by atoms with Crippen molar-refractivity contribution in [1.82, 2.24) is 29.2 Å². The average Bonchev–Trinajstić information content (AvgIpc) is 3.06. The molecule has 1 aliphatic rings. The van der Waals surface area contributed by atoms with Crippen molar-refractivity contribution >= 4 is 11.7 Å². The molecule has 4 heterocycles. The van der Waals surface area contributed by atoms with Crippen molar-refractivity contribution < 1.29 is 4.79 Å². The van der Waals surface area contributed by atoms with Gasteiger partial charge in [0, 0.05) is 38.6 Å². The van der Waals surface area contributed by atoms with Crippen molar-refractivity contribution in [2.75, 3.05) is 13.1 Å². The number of aromatic nitrogens is 5. The highest BCUT2D eigenvalue weighted by Gasteiger charge is 2.21. The standard InChI is InChI=1S/C18H20N6O/c1-13(25)23-7-3-14(4-8-23)9-15-10-19-11-16(22-15)17-12-21-18-20-5-2-6-24(17)18/h2,5-6,10-12,14H,3-4,7-9H2,1H3. The molecule has 0 aromatic carbocycles. The molecule has 0 saturated carbocycles. The van der Waals surface area contributed by atoms with Crippen LogP contribution in [-0.4, -0.2) is 48.2 Å². The Hall–Kier alpha value is -2.83. The van der Waals surface area contributed by atoms with Crippen LogP contribution in [0.15, 0.2) is 37.1 Å². The fourth-order valence-corrected chi connectivity index (χ4v) is 3.39. The molecule has 0 unspecified atom stereocenters. The van der Waals surface area contributed by atoms with Gasteiger partial charge in [0.15, 0.2) is 0 Å². The van der Waals surface area contributed by atoms with Crippen molar-refractivity contribution in [3.63, 3.8) is 0 Å². The van der Waals surface area contributed by atoms with Gasteiger partial charge in [-0.3, -0.25) is 14.2 Å². The molecule has 128 valence electrons. The van der Waals surface area contributed by atoms with Gasteiger partial charge in [0.25, 0.3) is 0 Å². The van der Waals surface area contributed by atoms with E-state index in [0.29, 0.717) is 11.7 Å². The molecule has 1 aliphatic heterocycles. The molecule has 0 N–H and O–H groups in total. The van der Waals surface area contributed by atoms with Gasteiger partial charge in [-0.1, -0.05) is 0 Å². The van der Waals surface area contributed by atoms with Crippen LogP contribution in [0.25, 0.3) is 17.2 Å². The van der Waals surface area contributed by atoms with E-state index in [4.69, 9.17) is 4.98 Å². The number of carbonyl (C=O) groups is 1. The second kappa shape index (κ2) is 6.58. The topological polar surface area (TPSA) is 76.3 Å². The monoisotopic (exact) mass is 336 g/mol.